The van der Waals surface area contributed by atoms with Crippen molar-refractivity contribution >= 4 is 0 Å². The second-order valence-corrected chi connectivity index (χ2v) is 5.06. The quantitative estimate of drug-likeness (QED) is 0.851. The maximum Gasteiger partial charge on any atom is 0.118 e. The number of hydrogen-bond acceptors (Lipinski definition) is 3. The molecule has 1 aliphatic heterocycles. The number of nitrogens with one attached hydrogen (secondary N) is 1. The summed E-state index contributed by atoms with van der Waals surface area (Å²) >= 11 is 0. The predicted octanol–water partition coefficient (Wildman–Crippen LogP) is 2.41. The molecule has 1 atom stereocenters. The molecule has 17 heavy (non-hydrogen) atoms. The van der Waals surface area contributed by atoms with Crippen molar-refractivity contribution in [3.8, 4) is 0 Å². The van der Waals surface area contributed by atoms with Crippen LogP contribution in [-0.4, -0.2) is 31.1 Å². The highest BCUT2D eigenvalue weighted by Gasteiger charge is 2.20. The molecule has 0 saturated carbocycles. The van der Waals surface area contributed by atoms with Crippen LogP contribution in [0.2, 0.25) is 0 Å². The molecule has 2 heterocycles. The molecule has 1 N–H and O–H groups in total. The van der Waals surface area contributed by atoms with E-state index < -0.39 is 0 Å². The molecule has 3 heteroatoms. The van der Waals surface area contributed by atoms with Crippen LogP contribution in [0.5, 0.6) is 0 Å². The summed E-state index contributed by atoms with van der Waals surface area (Å²) in [5.74, 6) is 2.92. The van der Waals surface area contributed by atoms with Crippen LogP contribution in [0.25, 0.3) is 0 Å². The predicted molar refractivity (Wildman–Crippen MR) is 70.0 cm³/mol. The second-order valence-electron chi connectivity index (χ2n) is 5.06. The SMILES string of the molecule is CCNCC1CCCN(Cc2ccc(C)o2)C1. The Labute approximate surface area is 104 Å². The first kappa shape index (κ1) is 12.7. The fourth-order valence-electron chi connectivity index (χ4n) is 2.60. The summed E-state index contributed by atoms with van der Waals surface area (Å²) in [7, 11) is 0. The van der Waals surface area contributed by atoms with Crippen molar-refractivity contribution in [1.29, 1.82) is 0 Å². The number of aryl methyl sites for hydroxylation is 1. The summed E-state index contributed by atoms with van der Waals surface area (Å²) in [5.41, 5.74) is 0. The van der Waals surface area contributed by atoms with Crippen molar-refractivity contribution in [3.63, 3.8) is 0 Å². The van der Waals surface area contributed by atoms with Crippen molar-refractivity contribution in [2.45, 2.75) is 33.2 Å². The van der Waals surface area contributed by atoms with Crippen molar-refractivity contribution in [2.24, 2.45) is 5.92 Å². The van der Waals surface area contributed by atoms with Gasteiger partial charge in [-0.15, -0.1) is 0 Å². The maximum absolute atomic E-state index is 5.65. The van der Waals surface area contributed by atoms with Crippen LogP contribution in [0.3, 0.4) is 0 Å². The molecule has 0 aromatic carbocycles. The van der Waals surface area contributed by atoms with Crippen LogP contribution >= 0.6 is 0 Å². The van der Waals surface area contributed by atoms with Crippen molar-refractivity contribution in [1.82, 2.24) is 10.2 Å². The fraction of sp³-hybridized carbons (Fsp3) is 0.714. The van der Waals surface area contributed by atoms with Gasteiger partial charge in [-0.2, -0.15) is 0 Å². The van der Waals surface area contributed by atoms with Crippen LogP contribution in [0.15, 0.2) is 16.5 Å². The fourth-order valence-corrected chi connectivity index (χ4v) is 2.60. The zero-order valence-electron chi connectivity index (χ0n) is 11.0. The molecule has 0 aliphatic carbocycles. The molecule has 2 rings (SSSR count). The summed E-state index contributed by atoms with van der Waals surface area (Å²) in [6, 6.07) is 4.15. The van der Waals surface area contributed by atoms with E-state index in [-0.39, 0.29) is 0 Å². The Morgan fingerprint density at radius 1 is 1.47 bits per heavy atom. The van der Waals surface area contributed by atoms with Crippen LogP contribution in [0, 0.1) is 12.8 Å². The lowest BCUT2D eigenvalue weighted by atomic mass is 9.98. The summed E-state index contributed by atoms with van der Waals surface area (Å²) in [6.45, 7) is 9.80. The van der Waals surface area contributed by atoms with Gasteiger partial charge in [0.2, 0.25) is 0 Å². The van der Waals surface area contributed by atoms with Crippen LogP contribution < -0.4 is 5.32 Å². The van der Waals surface area contributed by atoms with E-state index in [0.717, 1.165) is 37.1 Å². The number of nitrogens with zero attached hydrogens (tertiary/aromatic N) is 1. The smallest absolute Gasteiger partial charge is 0.118 e. The highest BCUT2D eigenvalue weighted by molar-refractivity contribution is 5.05. The number of furan rings is 1. The van der Waals surface area contributed by atoms with Gasteiger partial charge >= 0.3 is 0 Å². The molecular weight excluding hydrogens is 212 g/mol. The lowest BCUT2D eigenvalue weighted by Gasteiger charge is -2.32. The Morgan fingerprint density at radius 2 is 2.35 bits per heavy atom. The van der Waals surface area contributed by atoms with Gasteiger partial charge in [0.25, 0.3) is 0 Å². The lowest BCUT2D eigenvalue weighted by Crippen LogP contribution is -2.39. The van der Waals surface area contributed by atoms with Gasteiger partial charge in [-0.25, -0.2) is 0 Å². The van der Waals surface area contributed by atoms with Gasteiger partial charge in [-0.05, 0) is 57.5 Å². The van der Waals surface area contributed by atoms with Gasteiger partial charge in [0.15, 0.2) is 0 Å². The van der Waals surface area contributed by atoms with E-state index >= 15 is 0 Å². The molecule has 0 radical (unpaired) electrons. The molecule has 0 amide bonds. The molecule has 1 aliphatic rings. The first-order valence-corrected chi connectivity index (χ1v) is 6.76. The van der Waals surface area contributed by atoms with Gasteiger partial charge in [0, 0.05) is 6.54 Å². The van der Waals surface area contributed by atoms with Crippen LogP contribution in [0.4, 0.5) is 0 Å². The Balaban J connectivity index is 1.80. The van der Waals surface area contributed by atoms with E-state index in [4.69, 9.17) is 4.42 Å². The lowest BCUT2D eigenvalue weighted by molar-refractivity contribution is 0.155. The second kappa shape index (κ2) is 6.22. The molecule has 1 fully saturated rings. The Hall–Kier alpha value is -0.800. The molecule has 1 saturated heterocycles. The zero-order chi connectivity index (χ0) is 12.1. The third-order valence-electron chi connectivity index (χ3n) is 3.46. The minimum atomic E-state index is 0.805. The Bertz CT molecular complexity index is 335. The first-order valence-electron chi connectivity index (χ1n) is 6.76. The third kappa shape index (κ3) is 3.86. The van der Waals surface area contributed by atoms with E-state index in [1.165, 1.54) is 25.9 Å². The summed E-state index contributed by atoms with van der Waals surface area (Å²) < 4.78 is 5.65. The minimum Gasteiger partial charge on any atom is -0.465 e. The molecular formula is C14H24N2O. The molecule has 1 aromatic rings. The van der Waals surface area contributed by atoms with Crippen LogP contribution in [0.1, 0.15) is 31.3 Å². The van der Waals surface area contributed by atoms with E-state index in [1.807, 2.05) is 6.92 Å². The standard InChI is InChI=1S/C14H24N2O/c1-3-15-9-13-5-4-8-16(10-13)11-14-7-6-12(2)17-14/h6-7,13,15H,3-5,8-11H2,1-2H3. The molecule has 0 spiro atoms. The van der Waals surface area contributed by atoms with Crippen molar-refractivity contribution in [2.75, 3.05) is 26.2 Å². The van der Waals surface area contributed by atoms with Gasteiger partial charge in [-0.1, -0.05) is 6.92 Å². The van der Waals surface area contributed by atoms with Gasteiger partial charge in [0.1, 0.15) is 11.5 Å². The summed E-state index contributed by atoms with van der Waals surface area (Å²) in [4.78, 5) is 2.52. The minimum absolute atomic E-state index is 0.805. The number of hydrogen-bond donors (Lipinski definition) is 1. The number of rotatable bonds is 5. The van der Waals surface area contributed by atoms with Gasteiger partial charge in [0.05, 0.1) is 6.54 Å². The summed E-state index contributed by atoms with van der Waals surface area (Å²) in [5, 5.41) is 3.46. The maximum atomic E-state index is 5.65. The van der Waals surface area contributed by atoms with Crippen molar-refractivity contribution in [3.05, 3.63) is 23.7 Å². The highest BCUT2D eigenvalue weighted by atomic mass is 16.3. The Kier molecular flexibility index (Phi) is 4.63. The zero-order valence-corrected chi connectivity index (χ0v) is 11.0. The largest absolute Gasteiger partial charge is 0.465 e. The topological polar surface area (TPSA) is 28.4 Å². The third-order valence-corrected chi connectivity index (χ3v) is 3.46. The van der Waals surface area contributed by atoms with Crippen molar-refractivity contribution < 1.29 is 4.42 Å². The number of likely N-dealkylation sites (tertiary alicyclic amines) is 1. The monoisotopic (exact) mass is 236 g/mol. The number of piperidine rings is 1. The first-order chi connectivity index (χ1) is 8.28. The normalized spacial score (nSPS) is 21.9. The average molecular weight is 236 g/mol. The summed E-state index contributed by atoms with van der Waals surface area (Å²) in [6.07, 6.45) is 2.68. The van der Waals surface area contributed by atoms with Gasteiger partial charge in [-0.3, -0.25) is 4.90 Å². The highest BCUT2D eigenvalue weighted by Crippen LogP contribution is 2.18. The van der Waals surface area contributed by atoms with E-state index in [1.54, 1.807) is 0 Å². The Morgan fingerprint density at radius 3 is 3.06 bits per heavy atom. The molecule has 3 nitrogen and oxygen atoms in total. The molecule has 1 aromatic heterocycles. The van der Waals surface area contributed by atoms with Crippen LogP contribution in [-0.2, 0) is 6.54 Å². The molecule has 1 unspecified atom stereocenters. The average Bonchev–Trinajstić information content (AvgIpc) is 2.73. The molecule has 96 valence electrons. The van der Waals surface area contributed by atoms with E-state index in [0.29, 0.717) is 0 Å². The van der Waals surface area contributed by atoms with E-state index in [2.05, 4.69) is 29.3 Å². The van der Waals surface area contributed by atoms with E-state index in [9.17, 15) is 0 Å². The molecule has 0 bridgehead atoms. The van der Waals surface area contributed by atoms with Gasteiger partial charge < -0.3 is 9.73 Å².